The second-order valence-corrected chi connectivity index (χ2v) is 11.5. The predicted molar refractivity (Wildman–Crippen MR) is 166 cm³/mol. The van der Waals surface area contributed by atoms with E-state index < -0.39 is 64.3 Å². The maximum absolute atomic E-state index is 15.1. The number of nitrogens with zero attached hydrogens (tertiary/aromatic N) is 4. The van der Waals surface area contributed by atoms with Crippen molar-refractivity contribution in [2.45, 2.75) is 31.7 Å². The van der Waals surface area contributed by atoms with Crippen molar-refractivity contribution in [1.29, 1.82) is 0 Å². The number of amides is 1. The van der Waals surface area contributed by atoms with Crippen LogP contribution >= 0.6 is 23.4 Å². The van der Waals surface area contributed by atoms with Gasteiger partial charge >= 0.3 is 23.8 Å². The largest absolute Gasteiger partial charge is 0.482 e. The van der Waals surface area contributed by atoms with Gasteiger partial charge in [-0.05, 0) is 44.0 Å². The highest BCUT2D eigenvalue weighted by atomic mass is 35.5. The van der Waals surface area contributed by atoms with Crippen LogP contribution in [0.1, 0.15) is 25.1 Å². The first-order valence-electron chi connectivity index (χ1n) is 14.1. The molecule has 12 nitrogen and oxygen atoms in total. The Morgan fingerprint density at radius 3 is 2.35 bits per heavy atom. The van der Waals surface area contributed by atoms with Crippen molar-refractivity contribution in [2.24, 2.45) is 12.0 Å². The van der Waals surface area contributed by atoms with Crippen LogP contribution in [0.2, 0.25) is 5.02 Å². The van der Waals surface area contributed by atoms with E-state index in [0.717, 1.165) is 29.8 Å². The number of aromatic nitrogens is 2. The molecule has 1 unspecified atom stereocenters. The molecule has 0 N–H and O–H groups in total. The summed E-state index contributed by atoms with van der Waals surface area (Å²) in [6, 6.07) is 8.33. The minimum Gasteiger partial charge on any atom is -0.482 e. The number of thioether (sulfide) groups is 1. The van der Waals surface area contributed by atoms with E-state index in [1.807, 2.05) is 0 Å². The summed E-state index contributed by atoms with van der Waals surface area (Å²) >= 11 is 7.15. The Bertz CT molecular complexity index is 1900. The molecule has 1 aliphatic rings. The molecular formula is C30H27ClF4N4O8S. The van der Waals surface area contributed by atoms with Gasteiger partial charge in [0, 0.05) is 13.1 Å². The summed E-state index contributed by atoms with van der Waals surface area (Å²) in [5, 5.41) is -1.32. The Morgan fingerprint density at radius 2 is 1.69 bits per heavy atom. The van der Waals surface area contributed by atoms with E-state index in [4.69, 9.17) is 25.8 Å². The van der Waals surface area contributed by atoms with E-state index in [2.05, 4.69) is 4.99 Å². The van der Waals surface area contributed by atoms with Gasteiger partial charge in [0.2, 0.25) is 5.91 Å². The van der Waals surface area contributed by atoms with Crippen LogP contribution in [0.15, 0.2) is 57.0 Å². The molecule has 2 aromatic carbocycles. The van der Waals surface area contributed by atoms with Gasteiger partial charge in [-0.1, -0.05) is 41.6 Å². The number of benzene rings is 2. The minimum atomic E-state index is -5.04. The second-order valence-electron chi connectivity index (χ2n) is 9.93. The first kappa shape index (κ1) is 36.2. The molecule has 1 fully saturated rings. The van der Waals surface area contributed by atoms with Crippen molar-refractivity contribution in [3.05, 3.63) is 85.4 Å². The van der Waals surface area contributed by atoms with Gasteiger partial charge in [-0.3, -0.25) is 23.9 Å². The van der Waals surface area contributed by atoms with E-state index in [0.29, 0.717) is 17.4 Å². The molecule has 3 aromatic rings. The summed E-state index contributed by atoms with van der Waals surface area (Å²) in [5.74, 6) is -2.86. The van der Waals surface area contributed by atoms with E-state index in [1.54, 1.807) is 38.1 Å². The van der Waals surface area contributed by atoms with Crippen LogP contribution in [0, 0.1) is 5.82 Å². The average molecular weight is 715 g/mol. The van der Waals surface area contributed by atoms with Crippen LogP contribution in [0.5, 0.6) is 5.75 Å². The maximum Gasteiger partial charge on any atom is 0.431 e. The predicted octanol–water partition coefficient (Wildman–Crippen LogP) is 4.03. The average Bonchev–Trinajstić information content (AvgIpc) is 3.29. The SMILES string of the molecule is CCOC(=O)COc1ccccc1CC1SC(=Nc2cc(-n3c(=O)cc(C(F)(F)F)n(C)c3=O)c(F)cc2Cl)N(CC(=O)OCC)C1=O. The molecule has 0 radical (unpaired) electrons. The normalized spacial score (nSPS) is 15.6. The van der Waals surface area contributed by atoms with Gasteiger partial charge in [-0.25, -0.2) is 23.5 Å². The number of hydrogen-bond donors (Lipinski definition) is 0. The number of carbonyl (C=O) groups is 3. The molecule has 0 aliphatic carbocycles. The van der Waals surface area contributed by atoms with Gasteiger partial charge in [0.25, 0.3) is 5.56 Å². The highest BCUT2D eigenvalue weighted by Crippen LogP contribution is 2.37. The summed E-state index contributed by atoms with van der Waals surface area (Å²) in [7, 11) is 0.768. The van der Waals surface area contributed by atoms with Crippen LogP contribution < -0.4 is 16.0 Å². The van der Waals surface area contributed by atoms with Crippen LogP contribution in [0.3, 0.4) is 0 Å². The standard InChI is InChI=1S/C30H27ClF4N4O8S/c1-4-45-25(41)14-38-27(43)22(10-16-8-6-7-9-21(16)47-15-26(42)46-5-2)48-28(38)36-19-12-20(18(32)11-17(19)31)39-24(40)13-23(30(33,34)35)37(3)29(39)44/h6-9,11-13,22H,4-5,10,14-15H2,1-3H3. The fraction of sp³-hybridized carbons (Fsp3) is 0.333. The number of carbonyl (C=O) groups excluding carboxylic acids is 3. The first-order chi connectivity index (χ1) is 22.7. The summed E-state index contributed by atoms with van der Waals surface area (Å²) in [6.07, 6.45) is -5.00. The Hall–Kier alpha value is -4.64. The van der Waals surface area contributed by atoms with Crippen LogP contribution in [0.4, 0.5) is 23.2 Å². The topological polar surface area (TPSA) is 138 Å². The molecule has 0 spiro atoms. The zero-order valence-corrected chi connectivity index (χ0v) is 27.1. The van der Waals surface area contributed by atoms with Crippen LogP contribution in [-0.2, 0) is 43.5 Å². The molecule has 1 saturated heterocycles. The number of amidine groups is 1. The molecule has 1 amide bonds. The third-order valence-corrected chi connectivity index (χ3v) is 8.20. The molecule has 1 aromatic heterocycles. The number of aliphatic imine (C=N–C) groups is 1. The Balaban J connectivity index is 1.75. The lowest BCUT2D eigenvalue weighted by Gasteiger charge is -2.17. The van der Waals surface area contributed by atoms with Crippen molar-refractivity contribution >= 4 is 52.1 Å². The third-order valence-electron chi connectivity index (χ3n) is 6.73. The smallest absolute Gasteiger partial charge is 0.431 e. The molecular weight excluding hydrogens is 688 g/mol. The lowest BCUT2D eigenvalue weighted by Crippen LogP contribution is -2.41. The monoisotopic (exact) mass is 714 g/mol. The third kappa shape index (κ3) is 8.07. The number of para-hydroxylation sites is 1. The van der Waals surface area contributed by atoms with Crippen LogP contribution in [0.25, 0.3) is 5.69 Å². The lowest BCUT2D eigenvalue weighted by atomic mass is 10.1. The van der Waals surface area contributed by atoms with E-state index in [9.17, 15) is 37.1 Å². The van der Waals surface area contributed by atoms with Gasteiger partial charge in [0.1, 0.15) is 23.8 Å². The Morgan fingerprint density at radius 1 is 1.02 bits per heavy atom. The second kappa shape index (κ2) is 15.1. The molecule has 0 bridgehead atoms. The molecule has 4 rings (SSSR count). The highest BCUT2D eigenvalue weighted by molar-refractivity contribution is 8.15. The molecule has 0 saturated carbocycles. The number of halogens is 5. The van der Waals surface area contributed by atoms with Crippen molar-refractivity contribution in [3.63, 3.8) is 0 Å². The number of hydrogen-bond acceptors (Lipinski definition) is 10. The van der Waals surface area contributed by atoms with Crippen LogP contribution in [-0.4, -0.2) is 68.7 Å². The quantitative estimate of drug-likeness (QED) is 0.213. The molecule has 1 atom stereocenters. The number of alkyl halides is 3. The Kier molecular flexibility index (Phi) is 11.4. The van der Waals surface area contributed by atoms with Gasteiger partial charge in [0.05, 0.1) is 34.9 Å². The molecule has 1 aliphatic heterocycles. The zero-order chi connectivity index (χ0) is 35.3. The molecule has 256 valence electrons. The van der Waals surface area contributed by atoms with Gasteiger partial charge in [-0.15, -0.1) is 0 Å². The number of ether oxygens (including phenoxy) is 3. The van der Waals surface area contributed by atoms with Crippen molar-refractivity contribution < 1.29 is 46.2 Å². The van der Waals surface area contributed by atoms with E-state index in [-0.39, 0.29) is 57.3 Å². The summed E-state index contributed by atoms with van der Waals surface area (Å²) in [4.78, 5) is 68.7. The van der Waals surface area contributed by atoms with E-state index in [1.165, 1.54) is 0 Å². The number of rotatable bonds is 11. The fourth-order valence-corrected chi connectivity index (χ4v) is 5.94. The van der Waals surface area contributed by atoms with E-state index >= 15 is 4.39 Å². The van der Waals surface area contributed by atoms with Crippen molar-refractivity contribution in [3.8, 4) is 11.4 Å². The maximum atomic E-state index is 15.1. The van der Waals surface area contributed by atoms with Gasteiger partial charge in [-0.2, -0.15) is 13.2 Å². The highest BCUT2D eigenvalue weighted by Gasteiger charge is 2.40. The fourth-order valence-electron chi connectivity index (χ4n) is 4.56. The van der Waals surface area contributed by atoms with Gasteiger partial charge in [0.15, 0.2) is 11.8 Å². The summed E-state index contributed by atoms with van der Waals surface area (Å²) in [5.41, 5.74) is -5.00. The molecule has 2 heterocycles. The summed E-state index contributed by atoms with van der Waals surface area (Å²) < 4.78 is 71.0. The Labute approximate surface area is 278 Å². The minimum absolute atomic E-state index is 0.0130. The zero-order valence-electron chi connectivity index (χ0n) is 25.5. The van der Waals surface area contributed by atoms with Gasteiger partial charge < -0.3 is 14.2 Å². The summed E-state index contributed by atoms with van der Waals surface area (Å²) in [6.45, 7) is 2.43. The molecule has 18 heteroatoms. The number of esters is 2. The lowest BCUT2D eigenvalue weighted by molar-refractivity contribution is -0.146. The van der Waals surface area contributed by atoms with Crippen molar-refractivity contribution in [1.82, 2.24) is 14.0 Å². The van der Waals surface area contributed by atoms with Crippen molar-refractivity contribution in [2.75, 3.05) is 26.4 Å². The first-order valence-corrected chi connectivity index (χ1v) is 15.4. The molecule has 48 heavy (non-hydrogen) atoms.